The number of allylic oxidation sites excluding steroid dienone is 4. The van der Waals surface area contributed by atoms with Crippen molar-refractivity contribution in [2.45, 2.75) is 48.4 Å². The summed E-state index contributed by atoms with van der Waals surface area (Å²) in [7, 11) is 0. The number of carbonyl (C=O) groups is 4. The molecule has 1 aliphatic carbocycles. The van der Waals surface area contributed by atoms with Crippen LogP contribution < -0.4 is 10.6 Å². The van der Waals surface area contributed by atoms with E-state index in [0.29, 0.717) is 6.54 Å². The highest BCUT2D eigenvalue weighted by molar-refractivity contribution is 6.27. The van der Waals surface area contributed by atoms with Gasteiger partial charge in [0.05, 0.1) is 28.3 Å². The third-order valence-electron chi connectivity index (χ3n) is 9.02. The number of alkyl halides is 4. The Kier molecular flexibility index (Phi) is 9.44. The summed E-state index contributed by atoms with van der Waals surface area (Å²) in [6.07, 6.45) is 3.21. The standard InChI is InChI=1S/C34H33ClF3N3O5/c1-2-22-12-6-7-16-33(22,35)29-28(27-24(19-40-31(27)45)21-10-4-3-5-11-21)32(46)41(29)25(14-15-26(42)43)30(44)39-18-20-9-8-13-23(17-20)34(36,37)38/h2-13,16-17,22,24-25,27-29H,1,14-15,18-19H2,(H,39,44)(H,40,45)(H,42,43)/t22?,24-,25+,27?,28+,29-,33?/m1/s1. The first-order valence-corrected chi connectivity index (χ1v) is 15.2. The summed E-state index contributed by atoms with van der Waals surface area (Å²) in [6.45, 7) is 3.90. The van der Waals surface area contributed by atoms with E-state index in [4.69, 9.17) is 11.6 Å². The molecule has 0 aromatic heterocycles. The average molecular weight is 656 g/mol. The molecule has 8 nitrogen and oxygen atoms in total. The second-order valence-electron chi connectivity index (χ2n) is 11.7. The molecular weight excluding hydrogens is 623 g/mol. The van der Waals surface area contributed by atoms with E-state index >= 15 is 0 Å². The van der Waals surface area contributed by atoms with Gasteiger partial charge in [-0.1, -0.05) is 72.8 Å². The summed E-state index contributed by atoms with van der Waals surface area (Å²) >= 11 is 7.37. The zero-order valence-corrected chi connectivity index (χ0v) is 25.4. The fourth-order valence-corrected chi connectivity index (χ4v) is 7.30. The Hall–Kier alpha value is -4.38. The van der Waals surface area contributed by atoms with Gasteiger partial charge in [-0.25, -0.2) is 0 Å². The van der Waals surface area contributed by atoms with Gasteiger partial charge in [-0.3, -0.25) is 19.2 Å². The first kappa shape index (κ1) is 33.0. The Balaban J connectivity index is 1.51. The summed E-state index contributed by atoms with van der Waals surface area (Å²) in [5.41, 5.74) is 0.126. The molecule has 46 heavy (non-hydrogen) atoms. The number of hydrogen-bond acceptors (Lipinski definition) is 4. The van der Waals surface area contributed by atoms with Crippen molar-refractivity contribution in [2.75, 3.05) is 6.54 Å². The maximum atomic E-state index is 14.2. The van der Waals surface area contributed by atoms with Gasteiger partial charge in [0.15, 0.2) is 0 Å². The zero-order chi connectivity index (χ0) is 33.2. The molecule has 3 amide bonds. The van der Waals surface area contributed by atoms with E-state index in [9.17, 15) is 37.5 Å². The third-order valence-corrected chi connectivity index (χ3v) is 9.62. The molecule has 12 heteroatoms. The highest BCUT2D eigenvalue weighted by atomic mass is 35.5. The molecular formula is C34H33ClF3N3O5. The van der Waals surface area contributed by atoms with Crippen LogP contribution in [-0.2, 0) is 31.9 Å². The van der Waals surface area contributed by atoms with Gasteiger partial charge in [0.1, 0.15) is 6.04 Å². The molecule has 2 heterocycles. The van der Waals surface area contributed by atoms with E-state index in [0.717, 1.165) is 17.7 Å². The minimum Gasteiger partial charge on any atom is -0.481 e. The number of halogens is 4. The van der Waals surface area contributed by atoms with Crippen LogP contribution in [0.15, 0.2) is 91.6 Å². The molecule has 3 N–H and O–H groups in total. The van der Waals surface area contributed by atoms with Crippen molar-refractivity contribution in [3.05, 3.63) is 108 Å². The number of carbonyl (C=O) groups excluding carboxylic acids is 3. The Morgan fingerprint density at radius 1 is 1.13 bits per heavy atom. The lowest BCUT2D eigenvalue weighted by atomic mass is 9.63. The van der Waals surface area contributed by atoms with Gasteiger partial charge in [0, 0.05) is 31.3 Å². The van der Waals surface area contributed by atoms with Gasteiger partial charge in [-0.15, -0.1) is 18.2 Å². The van der Waals surface area contributed by atoms with Gasteiger partial charge in [0.2, 0.25) is 17.7 Å². The topological polar surface area (TPSA) is 116 Å². The quantitative estimate of drug-likeness (QED) is 0.183. The lowest BCUT2D eigenvalue weighted by Crippen LogP contribution is -2.75. The zero-order valence-electron chi connectivity index (χ0n) is 24.6. The maximum Gasteiger partial charge on any atom is 0.416 e. The van der Waals surface area contributed by atoms with Crippen molar-refractivity contribution in [2.24, 2.45) is 17.8 Å². The van der Waals surface area contributed by atoms with Gasteiger partial charge in [0.25, 0.3) is 0 Å². The van der Waals surface area contributed by atoms with Crippen LogP contribution >= 0.6 is 11.6 Å². The second kappa shape index (κ2) is 13.2. The Bertz CT molecular complexity index is 1580. The first-order valence-electron chi connectivity index (χ1n) is 14.8. The summed E-state index contributed by atoms with van der Waals surface area (Å²) in [5, 5.41) is 15.0. The van der Waals surface area contributed by atoms with Crippen LogP contribution in [0.3, 0.4) is 0 Å². The number of hydrogen-bond donors (Lipinski definition) is 3. The summed E-state index contributed by atoms with van der Waals surface area (Å²) in [4.78, 5) is 53.0. The molecule has 2 aromatic rings. The van der Waals surface area contributed by atoms with E-state index in [-0.39, 0.29) is 30.4 Å². The lowest BCUT2D eigenvalue weighted by Gasteiger charge is -2.58. The SMILES string of the molecule is C=CC1C=CC=CC1(Cl)[C@H]1[C@H](C2C(=O)NC[C@@H]2c2ccccc2)C(=O)N1[C@@H](CCC(=O)O)C(=O)NCc1cccc(C(F)(F)F)c1. The van der Waals surface area contributed by atoms with Crippen molar-refractivity contribution < 1.29 is 37.5 Å². The number of rotatable bonds is 11. The van der Waals surface area contributed by atoms with E-state index in [1.54, 1.807) is 30.4 Å². The molecule has 2 saturated heterocycles. The predicted molar refractivity (Wildman–Crippen MR) is 164 cm³/mol. The van der Waals surface area contributed by atoms with Crippen molar-refractivity contribution in [1.29, 1.82) is 0 Å². The van der Waals surface area contributed by atoms with E-state index in [1.807, 2.05) is 30.3 Å². The molecule has 2 aromatic carbocycles. The normalized spacial score (nSPS) is 27.9. The summed E-state index contributed by atoms with van der Waals surface area (Å²) in [5.74, 6) is -5.52. The third kappa shape index (κ3) is 6.33. The molecule has 2 aliphatic heterocycles. The molecule has 3 aliphatic rings. The Morgan fingerprint density at radius 3 is 2.54 bits per heavy atom. The minimum absolute atomic E-state index is 0.165. The predicted octanol–water partition coefficient (Wildman–Crippen LogP) is 4.82. The molecule has 0 bridgehead atoms. The highest BCUT2D eigenvalue weighted by Gasteiger charge is 2.65. The van der Waals surface area contributed by atoms with Gasteiger partial charge < -0.3 is 20.6 Å². The maximum absolute atomic E-state index is 14.2. The van der Waals surface area contributed by atoms with Crippen LogP contribution in [-0.4, -0.2) is 57.2 Å². The largest absolute Gasteiger partial charge is 0.481 e. The molecule has 0 radical (unpaired) electrons. The number of likely N-dealkylation sites (tertiary alicyclic amines) is 1. The average Bonchev–Trinajstić information content (AvgIpc) is 3.40. The second-order valence-corrected chi connectivity index (χ2v) is 12.4. The molecule has 7 atom stereocenters. The van der Waals surface area contributed by atoms with Gasteiger partial charge in [-0.2, -0.15) is 13.2 Å². The van der Waals surface area contributed by atoms with Crippen LogP contribution in [0.1, 0.15) is 35.4 Å². The number of nitrogens with one attached hydrogen (secondary N) is 2. The molecule has 2 fully saturated rings. The minimum atomic E-state index is -4.58. The Labute approximate surface area is 269 Å². The summed E-state index contributed by atoms with van der Waals surface area (Å²) in [6, 6.07) is 11.4. The van der Waals surface area contributed by atoms with Crippen molar-refractivity contribution >= 4 is 35.3 Å². The molecule has 0 spiro atoms. The van der Waals surface area contributed by atoms with E-state index < -0.39 is 70.7 Å². The Morgan fingerprint density at radius 2 is 1.87 bits per heavy atom. The van der Waals surface area contributed by atoms with Gasteiger partial charge in [-0.05, 0) is 29.7 Å². The number of carboxylic acids is 1. The molecule has 0 saturated carbocycles. The first-order chi connectivity index (χ1) is 21.9. The number of aliphatic carboxylic acids is 1. The van der Waals surface area contributed by atoms with Crippen molar-refractivity contribution in [3.8, 4) is 0 Å². The van der Waals surface area contributed by atoms with Crippen LogP contribution in [0, 0.1) is 17.8 Å². The van der Waals surface area contributed by atoms with Crippen LogP contribution in [0.2, 0.25) is 0 Å². The lowest BCUT2D eigenvalue weighted by molar-refractivity contribution is -0.174. The number of nitrogens with zero attached hydrogens (tertiary/aromatic N) is 1. The molecule has 5 rings (SSSR count). The smallest absolute Gasteiger partial charge is 0.416 e. The molecule has 242 valence electrons. The fourth-order valence-electron chi connectivity index (χ4n) is 6.82. The van der Waals surface area contributed by atoms with Crippen LogP contribution in [0.25, 0.3) is 0 Å². The number of amides is 3. The summed E-state index contributed by atoms with van der Waals surface area (Å²) < 4.78 is 39.8. The van der Waals surface area contributed by atoms with E-state index in [2.05, 4.69) is 17.2 Å². The van der Waals surface area contributed by atoms with Gasteiger partial charge >= 0.3 is 12.1 Å². The van der Waals surface area contributed by atoms with E-state index in [1.165, 1.54) is 17.0 Å². The van der Waals surface area contributed by atoms with Crippen LogP contribution in [0.4, 0.5) is 13.2 Å². The van der Waals surface area contributed by atoms with Crippen LogP contribution in [0.5, 0.6) is 0 Å². The van der Waals surface area contributed by atoms with Crippen molar-refractivity contribution in [1.82, 2.24) is 15.5 Å². The monoisotopic (exact) mass is 655 g/mol. The van der Waals surface area contributed by atoms with Crippen molar-refractivity contribution in [3.63, 3.8) is 0 Å². The molecule has 3 unspecified atom stereocenters. The number of benzene rings is 2. The highest BCUT2D eigenvalue weighted by Crippen LogP contribution is 2.52. The fraction of sp³-hybridized carbons (Fsp3) is 0.353. The number of β-lactam (4-membered cyclic amide) rings is 1. The number of carboxylic acid groups (broad SMARTS) is 1.